The highest BCUT2D eigenvalue weighted by Gasteiger charge is 2.34. The maximum absolute atomic E-state index is 13.2. The summed E-state index contributed by atoms with van der Waals surface area (Å²) in [6.07, 6.45) is 5.70. The van der Waals surface area contributed by atoms with Gasteiger partial charge in [0.2, 0.25) is 15.9 Å². The molecule has 1 atom stereocenters. The van der Waals surface area contributed by atoms with Gasteiger partial charge in [0.1, 0.15) is 10.6 Å². The number of halogens is 1. The molecule has 1 saturated carbocycles. The van der Waals surface area contributed by atoms with Crippen LogP contribution in [0.25, 0.3) is 0 Å². The van der Waals surface area contributed by atoms with Crippen LogP contribution in [0.5, 0.6) is 5.75 Å². The molecule has 31 heavy (non-hydrogen) atoms. The van der Waals surface area contributed by atoms with Gasteiger partial charge in [0, 0.05) is 38.7 Å². The summed E-state index contributed by atoms with van der Waals surface area (Å²) < 4.78 is 33.3. The highest BCUT2D eigenvalue weighted by atomic mass is 35.5. The van der Waals surface area contributed by atoms with E-state index in [0.717, 1.165) is 6.42 Å². The molecule has 1 unspecified atom stereocenters. The van der Waals surface area contributed by atoms with Crippen molar-refractivity contribution in [3.63, 3.8) is 0 Å². The molecule has 1 saturated heterocycles. The van der Waals surface area contributed by atoms with Crippen molar-refractivity contribution in [3.8, 4) is 5.75 Å². The van der Waals surface area contributed by atoms with Crippen molar-refractivity contribution in [3.05, 3.63) is 17.2 Å². The minimum atomic E-state index is -3.86. The molecule has 3 aliphatic rings. The molecule has 2 fully saturated rings. The monoisotopic (exact) mass is 469 g/mol. The number of hydrogen-bond acceptors (Lipinski definition) is 5. The number of anilines is 1. The third-order valence-electron chi connectivity index (χ3n) is 6.42. The van der Waals surface area contributed by atoms with Gasteiger partial charge in [-0.25, -0.2) is 8.42 Å². The number of benzene rings is 1. The maximum atomic E-state index is 13.2. The Morgan fingerprint density at radius 3 is 2.55 bits per heavy atom. The molecular formula is C21H28ClN3O5S. The van der Waals surface area contributed by atoms with Crippen LogP contribution in [0.15, 0.2) is 17.0 Å². The summed E-state index contributed by atoms with van der Waals surface area (Å²) in [7, 11) is -3.86. The van der Waals surface area contributed by atoms with Crippen LogP contribution >= 0.6 is 11.6 Å². The van der Waals surface area contributed by atoms with Crippen molar-refractivity contribution in [2.45, 2.75) is 56.4 Å². The summed E-state index contributed by atoms with van der Waals surface area (Å²) in [5.74, 6) is 0.726. The zero-order chi connectivity index (χ0) is 22.2. The Hall–Kier alpha value is -1.84. The molecule has 0 bridgehead atoms. The van der Waals surface area contributed by atoms with Gasteiger partial charge in [0.15, 0.2) is 6.10 Å². The number of piperazine rings is 1. The van der Waals surface area contributed by atoms with Crippen LogP contribution in [0.4, 0.5) is 5.69 Å². The number of sulfonamides is 1. The Morgan fingerprint density at radius 2 is 1.87 bits per heavy atom. The number of amides is 2. The molecule has 0 radical (unpaired) electrons. The van der Waals surface area contributed by atoms with Gasteiger partial charge in [-0.15, -0.1) is 0 Å². The maximum Gasteiger partial charge on any atom is 0.265 e. The van der Waals surface area contributed by atoms with Crippen LogP contribution in [0.2, 0.25) is 5.02 Å². The highest BCUT2D eigenvalue weighted by Crippen LogP contribution is 2.38. The van der Waals surface area contributed by atoms with Crippen LogP contribution in [0.1, 0.15) is 45.4 Å². The van der Waals surface area contributed by atoms with Gasteiger partial charge in [-0.2, -0.15) is 4.31 Å². The second kappa shape index (κ2) is 8.96. The van der Waals surface area contributed by atoms with Gasteiger partial charge in [-0.3, -0.25) is 9.59 Å². The second-order valence-electron chi connectivity index (χ2n) is 8.50. The Balaban J connectivity index is 1.40. The first-order valence-electron chi connectivity index (χ1n) is 10.8. The normalized spacial score (nSPS) is 22.7. The summed E-state index contributed by atoms with van der Waals surface area (Å²) in [6, 6.07) is 2.76. The first-order chi connectivity index (χ1) is 14.8. The number of ether oxygens (including phenoxy) is 1. The molecule has 4 rings (SSSR count). The van der Waals surface area contributed by atoms with Crippen molar-refractivity contribution in [2.24, 2.45) is 5.92 Å². The van der Waals surface area contributed by atoms with E-state index in [1.54, 1.807) is 11.8 Å². The lowest BCUT2D eigenvalue weighted by molar-refractivity contribution is -0.132. The average Bonchev–Trinajstić information content (AvgIpc) is 3.26. The third kappa shape index (κ3) is 4.68. The largest absolute Gasteiger partial charge is 0.479 e. The molecule has 0 spiro atoms. The first kappa shape index (κ1) is 22.4. The Kier molecular flexibility index (Phi) is 6.46. The van der Waals surface area contributed by atoms with E-state index in [9.17, 15) is 18.0 Å². The average molecular weight is 470 g/mol. The van der Waals surface area contributed by atoms with E-state index in [-0.39, 0.29) is 40.6 Å². The minimum Gasteiger partial charge on any atom is -0.479 e. The summed E-state index contributed by atoms with van der Waals surface area (Å²) in [4.78, 5) is 26.0. The zero-order valence-electron chi connectivity index (χ0n) is 17.6. The Labute approximate surface area is 187 Å². The standard InChI is InChI=1S/C21H28ClN3O5S/c1-14-21(27)23-17-12-16(22)19(13-18(17)30-14)31(28,29)25-10-8-24(9-11-25)20(26)7-6-15-4-2-3-5-15/h12-15H,2-11H2,1H3,(H,23,27). The number of carbonyl (C=O) groups is 2. The number of nitrogens with one attached hydrogen (secondary N) is 1. The van der Waals surface area contributed by atoms with Gasteiger partial charge in [-0.1, -0.05) is 37.3 Å². The van der Waals surface area contributed by atoms with Gasteiger partial charge in [0.05, 0.1) is 10.7 Å². The predicted octanol–water partition coefficient (Wildman–Crippen LogP) is 2.86. The molecule has 170 valence electrons. The topological polar surface area (TPSA) is 96.0 Å². The summed E-state index contributed by atoms with van der Waals surface area (Å²) in [5, 5.41) is 2.68. The molecule has 10 heteroatoms. The quantitative estimate of drug-likeness (QED) is 0.715. The van der Waals surface area contributed by atoms with Gasteiger partial charge < -0.3 is 15.0 Å². The number of rotatable bonds is 5. The van der Waals surface area contributed by atoms with Gasteiger partial charge in [-0.05, 0) is 25.3 Å². The molecule has 1 N–H and O–H groups in total. The summed E-state index contributed by atoms with van der Waals surface area (Å²) >= 11 is 6.25. The van der Waals surface area contributed by atoms with Crippen molar-refractivity contribution in [1.82, 2.24) is 9.21 Å². The van der Waals surface area contributed by atoms with Crippen molar-refractivity contribution in [2.75, 3.05) is 31.5 Å². The van der Waals surface area contributed by atoms with Crippen molar-refractivity contribution in [1.29, 1.82) is 0 Å². The van der Waals surface area contributed by atoms with Crippen LogP contribution in [-0.4, -0.2) is 61.7 Å². The van der Waals surface area contributed by atoms with Crippen LogP contribution in [0, 0.1) is 5.92 Å². The number of hydrogen-bond donors (Lipinski definition) is 1. The summed E-state index contributed by atoms with van der Waals surface area (Å²) in [5.41, 5.74) is 0.352. The lowest BCUT2D eigenvalue weighted by Gasteiger charge is -2.34. The van der Waals surface area contributed by atoms with Crippen molar-refractivity contribution < 1.29 is 22.7 Å². The number of nitrogens with zero attached hydrogens (tertiary/aromatic N) is 2. The molecule has 8 nitrogen and oxygen atoms in total. The molecule has 1 aliphatic carbocycles. The van der Waals surface area contributed by atoms with Crippen LogP contribution < -0.4 is 10.1 Å². The van der Waals surface area contributed by atoms with E-state index in [0.29, 0.717) is 31.1 Å². The van der Waals surface area contributed by atoms with E-state index in [1.165, 1.54) is 42.1 Å². The van der Waals surface area contributed by atoms with E-state index in [4.69, 9.17) is 16.3 Å². The fourth-order valence-electron chi connectivity index (χ4n) is 4.51. The molecular weight excluding hydrogens is 442 g/mol. The van der Waals surface area contributed by atoms with E-state index >= 15 is 0 Å². The molecule has 0 aromatic heterocycles. The third-order valence-corrected chi connectivity index (χ3v) is 8.78. The number of fused-ring (bicyclic) bond motifs is 1. The lowest BCUT2D eigenvalue weighted by Crippen LogP contribution is -2.50. The van der Waals surface area contributed by atoms with Crippen LogP contribution in [-0.2, 0) is 19.6 Å². The predicted molar refractivity (Wildman–Crippen MR) is 117 cm³/mol. The Bertz CT molecular complexity index is 969. The van der Waals surface area contributed by atoms with E-state index < -0.39 is 16.1 Å². The SMILES string of the molecule is CC1Oc2cc(S(=O)(=O)N3CCN(C(=O)CCC4CCCC4)CC3)c(Cl)cc2NC1=O. The van der Waals surface area contributed by atoms with E-state index in [1.807, 2.05) is 0 Å². The minimum absolute atomic E-state index is 0.0206. The van der Waals surface area contributed by atoms with Gasteiger partial charge >= 0.3 is 0 Å². The Morgan fingerprint density at radius 1 is 1.19 bits per heavy atom. The highest BCUT2D eigenvalue weighted by molar-refractivity contribution is 7.89. The lowest BCUT2D eigenvalue weighted by atomic mass is 10.0. The molecule has 2 aliphatic heterocycles. The van der Waals surface area contributed by atoms with Crippen LogP contribution in [0.3, 0.4) is 0 Å². The second-order valence-corrected chi connectivity index (χ2v) is 10.8. The molecule has 1 aromatic carbocycles. The molecule has 2 amide bonds. The molecule has 2 heterocycles. The molecule has 1 aromatic rings. The smallest absolute Gasteiger partial charge is 0.265 e. The fourth-order valence-corrected chi connectivity index (χ4v) is 6.45. The number of carbonyl (C=O) groups excluding carboxylic acids is 2. The van der Waals surface area contributed by atoms with E-state index in [2.05, 4.69) is 5.32 Å². The zero-order valence-corrected chi connectivity index (χ0v) is 19.2. The fraction of sp³-hybridized carbons (Fsp3) is 0.619. The first-order valence-corrected chi connectivity index (χ1v) is 12.7. The summed E-state index contributed by atoms with van der Waals surface area (Å²) in [6.45, 7) is 2.77. The van der Waals surface area contributed by atoms with Crippen molar-refractivity contribution >= 4 is 39.1 Å². The van der Waals surface area contributed by atoms with Gasteiger partial charge in [0.25, 0.3) is 5.91 Å².